The molecule has 6 heteroatoms. The minimum absolute atomic E-state index is 0. The van der Waals surface area contributed by atoms with Crippen LogP contribution in [0.1, 0.15) is 37.2 Å². The molecule has 0 aliphatic carbocycles. The van der Waals surface area contributed by atoms with Gasteiger partial charge in [0.1, 0.15) is 5.75 Å². The number of aromatic nitrogens is 1. The van der Waals surface area contributed by atoms with Crippen molar-refractivity contribution in [3.63, 3.8) is 0 Å². The molecule has 1 aromatic rings. The fraction of sp³-hybridized carbons (Fsp3) is 0.571. The van der Waals surface area contributed by atoms with Crippen LogP contribution in [-0.2, 0) is 0 Å². The Morgan fingerprint density at radius 1 is 1.60 bits per heavy atom. The molecule has 5 nitrogen and oxygen atoms in total. The lowest BCUT2D eigenvalue weighted by atomic mass is 9.77. The second-order valence-electron chi connectivity index (χ2n) is 5.68. The predicted molar refractivity (Wildman–Crippen MR) is 80.3 cm³/mol. The number of hydrogen-bond acceptors (Lipinski definition) is 4. The molecule has 1 aliphatic heterocycles. The molecule has 3 N–H and O–H groups in total. The quantitative estimate of drug-likeness (QED) is 0.794. The van der Waals surface area contributed by atoms with E-state index in [0.717, 1.165) is 13.0 Å². The first-order valence-corrected chi connectivity index (χ1v) is 6.66. The Morgan fingerprint density at radius 3 is 3.00 bits per heavy atom. The van der Waals surface area contributed by atoms with Crippen LogP contribution in [0.25, 0.3) is 0 Å². The Bertz CT molecular complexity index is 465. The highest BCUT2D eigenvalue weighted by Gasteiger charge is 2.32. The summed E-state index contributed by atoms with van der Waals surface area (Å²) in [5.74, 6) is -0.419. The maximum Gasteiger partial charge on any atom is 0.273 e. The molecule has 0 spiro atoms. The number of pyridine rings is 1. The van der Waals surface area contributed by atoms with Crippen LogP contribution < -0.4 is 10.6 Å². The van der Waals surface area contributed by atoms with Crippen molar-refractivity contribution in [2.75, 3.05) is 13.1 Å². The van der Waals surface area contributed by atoms with Gasteiger partial charge in [0.05, 0.1) is 0 Å². The van der Waals surface area contributed by atoms with E-state index in [2.05, 4.69) is 29.5 Å². The Balaban J connectivity index is 0.00000200. The second kappa shape index (κ2) is 6.90. The Kier molecular flexibility index (Phi) is 5.77. The van der Waals surface area contributed by atoms with Gasteiger partial charge < -0.3 is 15.7 Å². The molecular weight excluding hydrogens is 278 g/mol. The maximum absolute atomic E-state index is 12.0. The van der Waals surface area contributed by atoms with E-state index in [1.54, 1.807) is 6.07 Å². The molecule has 1 aliphatic rings. The summed E-state index contributed by atoms with van der Waals surface area (Å²) in [6, 6.07) is 3.30. The molecule has 0 aromatic carbocycles. The Hall–Kier alpha value is -1.33. The van der Waals surface area contributed by atoms with E-state index in [1.807, 2.05) is 0 Å². The molecular formula is C14H22ClN3O2. The van der Waals surface area contributed by atoms with Crippen LogP contribution in [0, 0.1) is 5.41 Å². The van der Waals surface area contributed by atoms with Crippen molar-refractivity contribution in [2.24, 2.45) is 5.41 Å². The van der Waals surface area contributed by atoms with E-state index < -0.39 is 0 Å². The number of hydrogen-bond donors (Lipinski definition) is 3. The maximum atomic E-state index is 12.0. The minimum atomic E-state index is -0.332. The van der Waals surface area contributed by atoms with Crippen molar-refractivity contribution in [3.8, 4) is 5.75 Å². The summed E-state index contributed by atoms with van der Waals surface area (Å²) in [5.41, 5.74) is 0.244. The zero-order valence-corrected chi connectivity index (χ0v) is 12.7. The third kappa shape index (κ3) is 3.84. The van der Waals surface area contributed by atoms with E-state index in [-0.39, 0.29) is 41.2 Å². The molecule has 0 bridgehead atoms. The van der Waals surface area contributed by atoms with Gasteiger partial charge in [-0.3, -0.25) is 4.79 Å². The molecule has 1 saturated heterocycles. The van der Waals surface area contributed by atoms with Crippen LogP contribution >= 0.6 is 12.4 Å². The number of nitrogens with one attached hydrogen (secondary N) is 2. The van der Waals surface area contributed by atoms with Crippen molar-refractivity contribution >= 4 is 18.3 Å². The van der Waals surface area contributed by atoms with Crippen molar-refractivity contribution in [3.05, 3.63) is 24.0 Å². The van der Waals surface area contributed by atoms with Crippen LogP contribution in [-0.4, -0.2) is 35.1 Å². The van der Waals surface area contributed by atoms with Gasteiger partial charge in [0.15, 0.2) is 5.69 Å². The van der Waals surface area contributed by atoms with Crippen LogP contribution in [0.5, 0.6) is 5.75 Å². The Morgan fingerprint density at radius 2 is 2.35 bits per heavy atom. The molecule has 0 radical (unpaired) electrons. The van der Waals surface area contributed by atoms with E-state index in [1.165, 1.54) is 18.7 Å². The summed E-state index contributed by atoms with van der Waals surface area (Å²) in [4.78, 5) is 15.9. The van der Waals surface area contributed by atoms with E-state index >= 15 is 0 Å². The van der Waals surface area contributed by atoms with Gasteiger partial charge >= 0.3 is 0 Å². The van der Waals surface area contributed by atoms with Gasteiger partial charge in [-0.15, -0.1) is 12.4 Å². The minimum Gasteiger partial charge on any atom is -0.505 e. The third-order valence-electron chi connectivity index (χ3n) is 3.80. The summed E-state index contributed by atoms with van der Waals surface area (Å²) in [7, 11) is 0. The van der Waals surface area contributed by atoms with Gasteiger partial charge in [-0.05, 0) is 36.9 Å². The van der Waals surface area contributed by atoms with Crippen molar-refractivity contribution in [2.45, 2.75) is 32.7 Å². The summed E-state index contributed by atoms with van der Waals surface area (Å²) in [5, 5.41) is 15.9. The lowest BCUT2D eigenvalue weighted by Crippen LogP contribution is -2.52. The van der Waals surface area contributed by atoms with E-state index in [0.29, 0.717) is 6.54 Å². The van der Waals surface area contributed by atoms with Gasteiger partial charge in [-0.1, -0.05) is 13.8 Å². The van der Waals surface area contributed by atoms with Gasteiger partial charge in [0.25, 0.3) is 5.91 Å². The monoisotopic (exact) mass is 299 g/mol. The molecule has 1 aromatic heterocycles. The molecule has 0 saturated carbocycles. The number of aromatic hydroxyl groups is 1. The molecule has 20 heavy (non-hydrogen) atoms. The summed E-state index contributed by atoms with van der Waals surface area (Å²) >= 11 is 0. The van der Waals surface area contributed by atoms with Crippen molar-refractivity contribution in [1.29, 1.82) is 0 Å². The van der Waals surface area contributed by atoms with Gasteiger partial charge in [-0.25, -0.2) is 4.98 Å². The van der Waals surface area contributed by atoms with Crippen LogP contribution in [0.3, 0.4) is 0 Å². The molecule has 2 rings (SSSR count). The number of amides is 1. The highest BCUT2D eigenvalue weighted by atomic mass is 35.5. The average molecular weight is 300 g/mol. The first kappa shape index (κ1) is 16.7. The zero-order valence-electron chi connectivity index (χ0n) is 11.8. The van der Waals surface area contributed by atoms with Crippen molar-refractivity contribution in [1.82, 2.24) is 15.6 Å². The van der Waals surface area contributed by atoms with Crippen LogP contribution in [0.4, 0.5) is 0 Å². The smallest absolute Gasteiger partial charge is 0.273 e. The van der Waals surface area contributed by atoms with E-state index in [4.69, 9.17) is 0 Å². The highest BCUT2D eigenvalue weighted by molar-refractivity contribution is 5.94. The fourth-order valence-corrected chi connectivity index (χ4v) is 2.47. The lowest BCUT2D eigenvalue weighted by molar-refractivity contribution is 0.0921. The van der Waals surface area contributed by atoms with E-state index in [9.17, 15) is 9.90 Å². The van der Waals surface area contributed by atoms with Gasteiger partial charge in [0, 0.05) is 18.8 Å². The molecule has 112 valence electrons. The van der Waals surface area contributed by atoms with Crippen LogP contribution in [0.15, 0.2) is 18.3 Å². The molecule has 1 fully saturated rings. The number of halogens is 1. The van der Waals surface area contributed by atoms with Gasteiger partial charge in [0.2, 0.25) is 0 Å². The molecule has 1 atom stereocenters. The summed E-state index contributed by atoms with van der Waals surface area (Å²) in [6.45, 7) is 5.93. The zero-order chi connectivity index (χ0) is 13.9. The first-order valence-electron chi connectivity index (χ1n) is 6.66. The average Bonchev–Trinajstić information content (AvgIpc) is 2.37. The fourth-order valence-electron chi connectivity index (χ4n) is 2.47. The standard InChI is InChI=1S/C14H21N3O2.ClH/c1-14(2)6-4-8-15-11(14)9-17-13(19)12-10(18)5-3-7-16-12;/h3,5,7,11,15,18H,4,6,8-9H2,1-2H3,(H,17,19);1H. The van der Waals surface area contributed by atoms with Gasteiger partial charge in [-0.2, -0.15) is 0 Å². The first-order chi connectivity index (χ1) is 9.00. The second-order valence-corrected chi connectivity index (χ2v) is 5.68. The number of rotatable bonds is 3. The summed E-state index contributed by atoms with van der Waals surface area (Å²) < 4.78 is 0. The molecule has 2 heterocycles. The molecule has 1 amide bonds. The topological polar surface area (TPSA) is 74.2 Å². The lowest BCUT2D eigenvalue weighted by Gasteiger charge is -2.39. The number of carbonyl (C=O) groups excluding carboxylic acids is 1. The highest BCUT2D eigenvalue weighted by Crippen LogP contribution is 2.29. The normalized spacial score (nSPS) is 20.8. The SMILES string of the molecule is CC1(C)CCCNC1CNC(=O)c1ncccc1O.Cl. The van der Waals surface area contributed by atoms with Crippen LogP contribution in [0.2, 0.25) is 0 Å². The predicted octanol–water partition coefficient (Wildman–Crippen LogP) is 1.72. The number of piperidine rings is 1. The number of carbonyl (C=O) groups is 1. The summed E-state index contributed by atoms with van der Waals surface area (Å²) in [6.07, 6.45) is 3.81. The molecule has 1 unspecified atom stereocenters. The third-order valence-corrected chi connectivity index (χ3v) is 3.80. The van der Waals surface area contributed by atoms with Crippen molar-refractivity contribution < 1.29 is 9.90 Å². The largest absolute Gasteiger partial charge is 0.505 e. The number of nitrogens with zero attached hydrogens (tertiary/aromatic N) is 1. The Labute approximate surface area is 125 Å².